The molecule has 0 saturated carbocycles. The van der Waals surface area contributed by atoms with Crippen LogP contribution < -0.4 is 9.62 Å². The van der Waals surface area contributed by atoms with E-state index in [0.717, 1.165) is 20.6 Å². The molecule has 0 bridgehead atoms. The lowest BCUT2D eigenvalue weighted by molar-refractivity contribution is -0.114. The summed E-state index contributed by atoms with van der Waals surface area (Å²) in [5, 5.41) is 2.74. The number of nitrogens with one attached hydrogen (secondary N) is 1. The number of hydrogen-bond donors (Lipinski definition) is 1. The minimum atomic E-state index is -3.71. The molecule has 0 atom stereocenters. The molecule has 0 fully saturated rings. The minimum Gasteiger partial charge on any atom is -0.465 e. The molecule has 0 saturated heterocycles. The number of ether oxygens (including phenoxy) is 1. The number of carbonyl (C=O) groups is 2. The zero-order valence-electron chi connectivity index (χ0n) is 15.3. The summed E-state index contributed by atoms with van der Waals surface area (Å²) in [4.78, 5) is 24.2. The van der Waals surface area contributed by atoms with Crippen LogP contribution in [0.5, 0.6) is 0 Å². The normalized spacial score (nSPS) is 11.0. The third-order valence-corrected chi connectivity index (χ3v) is 6.13. The zero-order chi connectivity index (χ0) is 21.1. The topological polar surface area (TPSA) is 92.8 Å². The number of hydrogen-bond acceptors (Lipinski definition) is 5. The number of aryl methyl sites for hydroxylation is 1. The monoisotopic (exact) mass is 488 g/mol. The van der Waals surface area contributed by atoms with Crippen LogP contribution in [0, 0.1) is 6.92 Å². The van der Waals surface area contributed by atoms with Crippen molar-refractivity contribution in [2.75, 3.05) is 29.5 Å². The predicted octanol–water partition coefficient (Wildman–Crippen LogP) is 3.60. The molecule has 0 spiro atoms. The van der Waals surface area contributed by atoms with E-state index in [1.165, 1.54) is 25.3 Å². The van der Waals surface area contributed by atoms with Crippen LogP contribution in [-0.2, 0) is 19.6 Å². The highest BCUT2D eigenvalue weighted by Crippen LogP contribution is 2.25. The van der Waals surface area contributed by atoms with Crippen molar-refractivity contribution in [3.8, 4) is 0 Å². The average Bonchev–Trinajstić information content (AvgIpc) is 2.62. The van der Waals surface area contributed by atoms with E-state index in [1.54, 1.807) is 18.2 Å². The quantitative estimate of drug-likeness (QED) is 0.626. The van der Waals surface area contributed by atoms with Crippen LogP contribution in [0.3, 0.4) is 0 Å². The number of carbonyl (C=O) groups excluding carboxylic acids is 2. The summed E-state index contributed by atoms with van der Waals surface area (Å²) in [5.41, 5.74) is 1.57. The van der Waals surface area contributed by atoms with E-state index in [0.29, 0.717) is 5.69 Å². The molecule has 2 aromatic rings. The maximum absolute atomic E-state index is 12.5. The van der Waals surface area contributed by atoms with Crippen LogP contribution in [0.25, 0.3) is 0 Å². The summed E-state index contributed by atoms with van der Waals surface area (Å²) in [6, 6.07) is 9.28. The van der Waals surface area contributed by atoms with Gasteiger partial charge in [0.1, 0.15) is 6.54 Å². The summed E-state index contributed by atoms with van der Waals surface area (Å²) in [6.45, 7) is 1.38. The van der Waals surface area contributed by atoms with Gasteiger partial charge in [0.25, 0.3) is 0 Å². The fraction of sp³-hybridized carbons (Fsp3) is 0.222. The Labute approximate surface area is 176 Å². The number of nitrogens with zero attached hydrogens (tertiary/aromatic N) is 1. The van der Waals surface area contributed by atoms with Gasteiger partial charge in [-0.2, -0.15) is 0 Å². The lowest BCUT2D eigenvalue weighted by atomic mass is 10.2. The van der Waals surface area contributed by atoms with E-state index in [2.05, 4.69) is 26.0 Å². The number of amides is 1. The number of rotatable bonds is 6. The van der Waals surface area contributed by atoms with E-state index >= 15 is 0 Å². The second-order valence-electron chi connectivity index (χ2n) is 5.94. The first kappa shape index (κ1) is 22.2. The van der Waals surface area contributed by atoms with Gasteiger partial charge in [0, 0.05) is 10.2 Å². The summed E-state index contributed by atoms with van der Waals surface area (Å²) in [7, 11) is -2.49. The van der Waals surface area contributed by atoms with E-state index in [1.807, 2.05) is 6.92 Å². The summed E-state index contributed by atoms with van der Waals surface area (Å²) in [6.07, 6.45) is 1.02. The van der Waals surface area contributed by atoms with Crippen LogP contribution >= 0.6 is 27.5 Å². The fourth-order valence-electron chi connectivity index (χ4n) is 2.38. The van der Waals surface area contributed by atoms with Gasteiger partial charge in [-0.1, -0.05) is 27.5 Å². The lowest BCUT2D eigenvalue weighted by Crippen LogP contribution is -2.37. The molecule has 0 aromatic heterocycles. The number of benzene rings is 2. The van der Waals surface area contributed by atoms with Gasteiger partial charge in [0.15, 0.2) is 0 Å². The molecule has 1 N–H and O–H groups in total. The molecule has 0 aliphatic carbocycles. The van der Waals surface area contributed by atoms with Crippen molar-refractivity contribution < 1.29 is 22.7 Å². The molecule has 2 aromatic carbocycles. The molecule has 2 rings (SSSR count). The van der Waals surface area contributed by atoms with Gasteiger partial charge in [-0.05, 0) is 48.9 Å². The molecule has 0 aliphatic rings. The summed E-state index contributed by atoms with van der Waals surface area (Å²) in [5.74, 6) is -1.23. The average molecular weight is 490 g/mol. The number of anilines is 2. The van der Waals surface area contributed by atoms with Crippen LogP contribution in [0.1, 0.15) is 15.9 Å². The van der Waals surface area contributed by atoms with E-state index in [4.69, 9.17) is 11.6 Å². The van der Waals surface area contributed by atoms with Gasteiger partial charge in [-0.15, -0.1) is 0 Å². The highest BCUT2D eigenvalue weighted by Gasteiger charge is 2.22. The van der Waals surface area contributed by atoms with Gasteiger partial charge < -0.3 is 10.1 Å². The van der Waals surface area contributed by atoms with Gasteiger partial charge in [-0.3, -0.25) is 9.10 Å². The van der Waals surface area contributed by atoms with Crippen molar-refractivity contribution in [1.29, 1.82) is 0 Å². The standard InChI is InChI=1S/C18H18BrClN2O5S/c1-11-8-13(5-6-15(11)19)22(28(3,25)26)10-17(23)21-12-4-7-16(20)14(9-12)18(24)27-2/h4-9H,10H2,1-3H3,(H,21,23). The minimum absolute atomic E-state index is 0.0884. The Morgan fingerprint density at radius 2 is 1.89 bits per heavy atom. The van der Waals surface area contributed by atoms with E-state index in [-0.39, 0.29) is 16.3 Å². The molecule has 0 unspecified atom stereocenters. The van der Waals surface area contributed by atoms with E-state index < -0.39 is 28.4 Å². The number of methoxy groups -OCH3 is 1. The Kier molecular flexibility index (Phi) is 7.08. The zero-order valence-corrected chi connectivity index (χ0v) is 18.5. The molecule has 0 radical (unpaired) electrons. The van der Waals surface area contributed by atoms with Crippen LogP contribution in [0.4, 0.5) is 11.4 Å². The van der Waals surface area contributed by atoms with Crippen molar-refractivity contribution in [1.82, 2.24) is 0 Å². The second-order valence-corrected chi connectivity index (χ2v) is 9.11. The molecular formula is C18H18BrClN2O5S. The van der Waals surface area contributed by atoms with Gasteiger partial charge >= 0.3 is 5.97 Å². The van der Waals surface area contributed by atoms with Gasteiger partial charge in [-0.25, -0.2) is 13.2 Å². The maximum Gasteiger partial charge on any atom is 0.339 e. The van der Waals surface area contributed by atoms with Crippen molar-refractivity contribution >= 4 is 60.8 Å². The van der Waals surface area contributed by atoms with Gasteiger partial charge in [0.05, 0.1) is 29.6 Å². The molecule has 0 aliphatic heterocycles. The lowest BCUT2D eigenvalue weighted by Gasteiger charge is -2.22. The Hall–Kier alpha value is -2.10. The first-order valence-corrected chi connectivity index (χ1v) is 11.0. The highest BCUT2D eigenvalue weighted by atomic mass is 79.9. The molecule has 28 heavy (non-hydrogen) atoms. The summed E-state index contributed by atoms with van der Waals surface area (Å²) >= 11 is 9.31. The Bertz CT molecular complexity index is 1030. The smallest absolute Gasteiger partial charge is 0.339 e. The molecule has 0 heterocycles. The maximum atomic E-state index is 12.5. The van der Waals surface area contributed by atoms with Crippen molar-refractivity contribution in [3.63, 3.8) is 0 Å². The number of esters is 1. The SMILES string of the molecule is COC(=O)c1cc(NC(=O)CN(c2ccc(Br)c(C)c2)S(C)(=O)=O)ccc1Cl. The molecule has 10 heteroatoms. The third kappa shape index (κ3) is 5.46. The number of sulfonamides is 1. The van der Waals surface area contributed by atoms with Crippen LogP contribution in [-0.4, -0.2) is 40.2 Å². The molecule has 7 nitrogen and oxygen atoms in total. The Morgan fingerprint density at radius 3 is 2.46 bits per heavy atom. The molecular weight excluding hydrogens is 472 g/mol. The van der Waals surface area contributed by atoms with Crippen molar-refractivity contribution in [3.05, 3.63) is 57.0 Å². The van der Waals surface area contributed by atoms with Crippen LogP contribution in [0.2, 0.25) is 5.02 Å². The Balaban J connectivity index is 2.25. The van der Waals surface area contributed by atoms with Crippen molar-refractivity contribution in [2.45, 2.75) is 6.92 Å². The molecule has 150 valence electrons. The number of halogens is 2. The summed E-state index contributed by atoms with van der Waals surface area (Å²) < 4.78 is 30.9. The van der Waals surface area contributed by atoms with Crippen molar-refractivity contribution in [2.24, 2.45) is 0 Å². The highest BCUT2D eigenvalue weighted by molar-refractivity contribution is 9.10. The largest absolute Gasteiger partial charge is 0.465 e. The van der Waals surface area contributed by atoms with Gasteiger partial charge in [0.2, 0.25) is 15.9 Å². The fourth-order valence-corrected chi connectivity index (χ4v) is 3.67. The first-order valence-electron chi connectivity index (χ1n) is 7.94. The second kappa shape index (κ2) is 8.93. The first-order chi connectivity index (χ1) is 13.0. The Morgan fingerprint density at radius 1 is 1.21 bits per heavy atom. The predicted molar refractivity (Wildman–Crippen MR) is 112 cm³/mol. The van der Waals surface area contributed by atoms with E-state index in [9.17, 15) is 18.0 Å². The van der Waals surface area contributed by atoms with Crippen LogP contribution in [0.15, 0.2) is 40.9 Å². The molecule has 1 amide bonds. The third-order valence-electron chi connectivity index (χ3n) is 3.77.